The minimum atomic E-state index is 0.150. The molecule has 0 N–H and O–H groups in total. The van der Waals surface area contributed by atoms with E-state index >= 15 is 0 Å². The fourth-order valence-corrected chi connectivity index (χ4v) is 3.52. The Morgan fingerprint density at radius 2 is 2.08 bits per heavy atom. The van der Waals surface area contributed by atoms with Gasteiger partial charge in [-0.05, 0) is 31.2 Å². The number of piperidine rings is 1. The van der Waals surface area contributed by atoms with Crippen LogP contribution in [0.1, 0.15) is 25.5 Å². The van der Waals surface area contributed by atoms with Crippen LogP contribution in [-0.4, -0.2) is 48.2 Å². The predicted octanol–water partition coefficient (Wildman–Crippen LogP) is 1.99. The molecule has 1 aliphatic rings. The third-order valence-electron chi connectivity index (χ3n) is 4.75. The van der Waals surface area contributed by atoms with Crippen LogP contribution >= 0.6 is 0 Å². The maximum absolute atomic E-state index is 11.7. The summed E-state index contributed by atoms with van der Waals surface area (Å²) in [6.45, 7) is 3.29. The molecule has 25 heavy (non-hydrogen) atoms. The summed E-state index contributed by atoms with van der Waals surface area (Å²) < 4.78 is 1.93. The number of aromatic nitrogens is 5. The van der Waals surface area contributed by atoms with Crippen LogP contribution in [0.2, 0.25) is 0 Å². The van der Waals surface area contributed by atoms with Gasteiger partial charge in [-0.15, -0.1) is 0 Å². The van der Waals surface area contributed by atoms with Crippen LogP contribution in [0.15, 0.2) is 37.1 Å². The minimum absolute atomic E-state index is 0.150. The van der Waals surface area contributed by atoms with Gasteiger partial charge in [0.1, 0.15) is 5.69 Å². The highest BCUT2D eigenvalue weighted by atomic mass is 16.2. The molecule has 1 atom stereocenters. The molecule has 0 aromatic carbocycles. The lowest BCUT2D eigenvalue weighted by Crippen LogP contribution is -2.39. The summed E-state index contributed by atoms with van der Waals surface area (Å²) in [4.78, 5) is 31.4. The molecule has 0 bridgehead atoms. The zero-order valence-corrected chi connectivity index (χ0v) is 14.2. The molecular weight excluding hydrogens is 316 g/mol. The van der Waals surface area contributed by atoms with Crippen molar-refractivity contribution < 1.29 is 4.79 Å². The van der Waals surface area contributed by atoms with E-state index in [0.717, 1.165) is 49.4 Å². The van der Waals surface area contributed by atoms with Gasteiger partial charge in [0.25, 0.3) is 0 Å². The molecule has 0 radical (unpaired) electrons. The first kappa shape index (κ1) is 15.7. The Morgan fingerprint density at radius 3 is 2.96 bits per heavy atom. The second-order valence-electron chi connectivity index (χ2n) is 6.46. The van der Waals surface area contributed by atoms with Gasteiger partial charge in [-0.3, -0.25) is 19.2 Å². The third-order valence-corrected chi connectivity index (χ3v) is 4.75. The molecule has 1 fully saturated rings. The van der Waals surface area contributed by atoms with E-state index < -0.39 is 0 Å². The average Bonchev–Trinajstić information content (AvgIpc) is 3.06. The van der Waals surface area contributed by atoms with Crippen molar-refractivity contribution in [1.82, 2.24) is 29.2 Å². The predicted molar refractivity (Wildman–Crippen MR) is 92.7 cm³/mol. The van der Waals surface area contributed by atoms with Crippen molar-refractivity contribution in [2.24, 2.45) is 5.92 Å². The van der Waals surface area contributed by atoms with E-state index in [1.807, 2.05) is 21.6 Å². The molecule has 7 heteroatoms. The van der Waals surface area contributed by atoms with Crippen LogP contribution in [-0.2, 0) is 11.2 Å². The first-order chi connectivity index (χ1) is 12.2. The Labute approximate surface area is 145 Å². The Balaban J connectivity index is 1.65. The lowest BCUT2D eigenvalue weighted by Gasteiger charge is -2.32. The zero-order valence-electron chi connectivity index (χ0n) is 14.2. The van der Waals surface area contributed by atoms with Crippen LogP contribution < -0.4 is 0 Å². The Kier molecular flexibility index (Phi) is 4.13. The molecule has 128 valence electrons. The van der Waals surface area contributed by atoms with Crippen LogP contribution in [0.4, 0.5) is 0 Å². The molecule has 3 aromatic rings. The maximum atomic E-state index is 11.7. The van der Waals surface area contributed by atoms with Crippen LogP contribution in [0.25, 0.3) is 17.2 Å². The topological polar surface area (TPSA) is 76.3 Å². The number of likely N-dealkylation sites (tertiary alicyclic amines) is 1. The van der Waals surface area contributed by atoms with Gasteiger partial charge >= 0.3 is 0 Å². The van der Waals surface area contributed by atoms with Gasteiger partial charge in [-0.2, -0.15) is 0 Å². The molecule has 1 aliphatic heterocycles. The van der Waals surface area contributed by atoms with Gasteiger partial charge in [0, 0.05) is 44.8 Å². The van der Waals surface area contributed by atoms with Gasteiger partial charge < -0.3 is 4.90 Å². The number of hydrogen-bond donors (Lipinski definition) is 0. The van der Waals surface area contributed by atoms with E-state index in [1.165, 1.54) is 0 Å². The SMILES string of the molecule is CC(=O)N1CCCC(Cc2nccnc2-c2cnc3ncccn23)C1. The van der Waals surface area contributed by atoms with Gasteiger partial charge in [0.2, 0.25) is 11.7 Å². The Hall–Kier alpha value is -2.83. The van der Waals surface area contributed by atoms with Gasteiger partial charge in [0.05, 0.1) is 17.6 Å². The number of hydrogen-bond acceptors (Lipinski definition) is 5. The van der Waals surface area contributed by atoms with Crippen molar-refractivity contribution in [3.05, 3.63) is 42.7 Å². The van der Waals surface area contributed by atoms with Crippen molar-refractivity contribution >= 4 is 11.7 Å². The lowest BCUT2D eigenvalue weighted by molar-refractivity contribution is -0.130. The number of nitrogens with zero attached hydrogens (tertiary/aromatic N) is 6. The van der Waals surface area contributed by atoms with Crippen molar-refractivity contribution in [2.45, 2.75) is 26.2 Å². The monoisotopic (exact) mass is 336 g/mol. The van der Waals surface area contributed by atoms with Crippen LogP contribution in [0.3, 0.4) is 0 Å². The number of carbonyl (C=O) groups is 1. The summed E-state index contributed by atoms with van der Waals surface area (Å²) in [5.41, 5.74) is 2.68. The first-order valence-corrected chi connectivity index (χ1v) is 8.56. The summed E-state index contributed by atoms with van der Waals surface area (Å²) in [5, 5.41) is 0. The molecule has 4 heterocycles. The molecule has 1 saturated heterocycles. The summed E-state index contributed by atoms with van der Waals surface area (Å²) in [7, 11) is 0. The number of fused-ring (bicyclic) bond motifs is 1. The largest absolute Gasteiger partial charge is 0.343 e. The van der Waals surface area contributed by atoms with Gasteiger partial charge in [0.15, 0.2) is 0 Å². The van der Waals surface area contributed by atoms with Crippen molar-refractivity contribution in [2.75, 3.05) is 13.1 Å². The van der Waals surface area contributed by atoms with E-state index in [9.17, 15) is 4.79 Å². The average molecular weight is 336 g/mol. The Bertz CT molecular complexity index is 905. The van der Waals surface area contributed by atoms with E-state index in [4.69, 9.17) is 0 Å². The molecular formula is C18H20N6O. The van der Waals surface area contributed by atoms with E-state index in [2.05, 4.69) is 19.9 Å². The normalized spacial score (nSPS) is 17.8. The molecule has 0 aliphatic carbocycles. The van der Waals surface area contributed by atoms with Crippen molar-refractivity contribution in [1.29, 1.82) is 0 Å². The summed E-state index contributed by atoms with van der Waals surface area (Å²) in [5.74, 6) is 1.21. The fourth-order valence-electron chi connectivity index (χ4n) is 3.52. The standard InChI is InChI=1S/C18H20N6O/c1-13(25)23-8-2-4-14(12-23)10-15-17(20-7-6-19-15)16-11-22-18-21-5-3-9-24(16)18/h3,5-7,9,11,14H,2,4,8,10,12H2,1H3. The number of imidazole rings is 1. The first-order valence-electron chi connectivity index (χ1n) is 8.56. The Morgan fingerprint density at radius 1 is 1.20 bits per heavy atom. The fraction of sp³-hybridized carbons (Fsp3) is 0.389. The van der Waals surface area contributed by atoms with Crippen molar-refractivity contribution in [3.8, 4) is 11.4 Å². The van der Waals surface area contributed by atoms with Crippen LogP contribution in [0, 0.1) is 5.92 Å². The van der Waals surface area contributed by atoms with Crippen LogP contribution in [0.5, 0.6) is 0 Å². The van der Waals surface area contributed by atoms with Gasteiger partial charge in [-0.1, -0.05) is 0 Å². The quantitative estimate of drug-likeness (QED) is 0.731. The second kappa shape index (κ2) is 6.58. The summed E-state index contributed by atoms with van der Waals surface area (Å²) in [6, 6.07) is 1.88. The number of amides is 1. The summed E-state index contributed by atoms with van der Waals surface area (Å²) in [6.07, 6.45) is 11.8. The van der Waals surface area contributed by atoms with Gasteiger partial charge in [-0.25, -0.2) is 9.97 Å². The molecule has 4 rings (SSSR count). The molecule has 0 saturated carbocycles. The number of carbonyl (C=O) groups excluding carboxylic acids is 1. The van der Waals surface area contributed by atoms with E-state index in [-0.39, 0.29) is 5.91 Å². The molecule has 0 spiro atoms. The molecule has 3 aromatic heterocycles. The minimum Gasteiger partial charge on any atom is -0.343 e. The maximum Gasteiger partial charge on any atom is 0.234 e. The highest BCUT2D eigenvalue weighted by Crippen LogP contribution is 2.26. The second-order valence-corrected chi connectivity index (χ2v) is 6.46. The smallest absolute Gasteiger partial charge is 0.234 e. The molecule has 1 amide bonds. The molecule has 7 nitrogen and oxygen atoms in total. The highest BCUT2D eigenvalue weighted by molar-refractivity contribution is 5.73. The van der Waals surface area contributed by atoms with E-state index in [0.29, 0.717) is 11.7 Å². The number of rotatable bonds is 3. The lowest BCUT2D eigenvalue weighted by atomic mass is 9.92. The third kappa shape index (κ3) is 3.09. The zero-order chi connectivity index (χ0) is 17.2. The van der Waals surface area contributed by atoms with Crippen molar-refractivity contribution in [3.63, 3.8) is 0 Å². The molecule has 1 unspecified atom stereocenters. The summed E-state index contributed by atoms with van der Waals surface area (Å²) >= 11 is 0. The van der Waals surface area contributed by atoms with E-state index in [1.54, 1.807) is 31.7 Å². The highest BCUT2D eigenvalue weighted by Gasteiger charge is 2.24.